The maximum absolute atomic E-state index is 13.2. The molecule has 0 radical (unpaired) electrons. The zero-order valence-corrected chi connectivity index (χ0v) is 18.8. The van der Waals surface area contributed by atoms with Crippen molar-refractivity contribution >= 4 is 16.7 Å². The molecule has 2 aliphatic rings. The number of nitrogens with zero attached hydrogens (tertiary/aromatic N) is 3. The molecule has 3 aromatic rings. The molecule has 2 saturated heterocycles. The maximum atomic E-state index is 13.2. The van der Waals surface area contributed by atoms with E-state index in [1.807, 2.05) is 24.4 Å². The van der Waals surface area contributed by atoms with Gasteiger partial charge in [0.05, 0.1) is 11.1 Å². The SMILES string of the molecule is CC(=O)c1cn(CCCN2C3CCC2CC(Oc2ccc(F)cc2)C3)c2c(C#N)cccc12. The van der Waals surface area contributed by atoms with Crippen molar-refractivity contribution in [3.63, 3.8) is 0 Å². The van der Waals surface area contributed by atoms with Crippen LogP contribution in [0.1, 0.15) is 54.9 Å². The summed E-state index contributed by atoms with van der Waals surface area (Å²) in [4.78, 5) is 14.7. The number of para-hydroxylation sites is 1. The Bertz CT molecular complexity index is 1200. The van der Waals surface area contributed by atoms with Crippen LogP contribution in [0.15, 0.2) is 48.7 Å². The van der Waals surface area contributed by atoms with Crippen LogP contribution in [0.3, 0.4) is 0 Å². The average Bonchev–Trinajstić information content (AvgIpc) is 3.29. The van der Waals surface area contributed by atoms with Gasteiger partial charge in [0.15, 0.2) is 5.78 Å². The Morgan fingerprint density at radius 2 is 1.85 bits per heavy atom. The fourth-order valence-corrected chi connectivity index (χ4v) is 5.72. The van der Waals surface area contributed by atoms with E-state index in [0.29, 0.717) is 23.2 Å². The number of piperidine rings is 1. The fourth-order valence-electron chi connectivity index (χ4n) is 5.72. The van der Waals surface area contributed by atoms with Crippen molar-refractivity contribution < 1.29 is 13.9 Å². The molecular weight excluding hydrogens is 417 g/mol. The molecule has 0 saturated carbocycles. The summed E-state index contributed by atoms with van der Waals surface area (Å²) in [6.45, 7) is 3.34. The summed E-state index contributed by atoms with van der Waals surface area (Å²) in [5.41, 5.74) is 2.15. The monoisotopic (exact) mass is 445 g/mol. The molecule has 5 nitrogen and oxygen atoms in total. The minimum Gasteiger partial charge on any atom is -0.490 e. The first-order valence-electron chi connectivity index (χ1n) is 11.7. The second-order valence-corrected chi connectivity index (χ2v) is 9.25. The molecule has 2 bridgehead atoms. The average molecular weight is 446 g/mol. The van der Waals surface area contributed by atoms with Gasteiger partial charge >= 0.3 is 0 Å². The summed E-state index contributed by atoms with van der Waals surface area (Å²) in [5.74, 6) is 0.517. The van der Waals surface area contributed by atoms with Gasteiger partial charge in [-0.05, 0) is 69.4 Å². The lowest BCUT2D eigenvalue weighted by Crippen LogP contribution is -2.46. The van der Waals surface area contributed by atoms with Crippen molar-refractivity contribution in [2.75, 3.05) is 6.54 Å². The molecular formula is C27H28FN3O2. The Hall–Kier alpha value is -3.17. The quantitative estimate of drug-likeness (QED) is 0.462. The van der Waals surface area contributed by atoms with Gasteiger partial charge in [0, 0.05) is 42.3 Å². The standard InChI is InChI=1S/C27H28FN3O2/c1-18(32)26-17-30(27-19(16-29)4-2-5-25(26)27)12-3-13-31-21-8-9-22(31)15-24(14-21)33-23-10-6-20(28)7-11-23/h2,4-7,10-11,17,21-22,24H,3,8-9,12-15H2,1H3. The third-order valence-corrected chi connectivity index (χ3v) is 7.17. The number of hydrogen-bond acceptors (Lipinski definition) is 4. The lowest BCUT2D eigenvalue weighted by Gasteiger charge is -2.39. The smallest absolute Gasteiger partial charge is 0.161 e. The lowest BCUT2D eigenvalue weighted by molar-refractivity contribution is 0.0481. The number of aromatic nitrogens is 1. The summed E-state index contributed by atoms with van der Waals surface area (Å²) in [7, 11) is 0. The second-order valence-electron chi connectivity index (χ2n) is 9.25. The molecule has 2 fully saturated rings. The topological polar surface area (TPSA) is 58.3 Å². The number of carbonyl (C=O) groups is 1. The molecule has 2 unspecified atom stereocenters. The van der Waals surface area contributed by atoms with Gasteiger partial charge in [0.2, 0.25) is 0 Å². The van der Waals surface area contributed by atoms with Crippen LogP contribution in [0.2, 0.25) is 0 Å². The zero-order valence-electron chi connectivity index (χ0n) is 18.8. The summed E-state index contributed by atoms with van der Waals surface area (Å²) in [6, 6.07) is 15.2. The summed E-state index contributed by atoms with van der Waals surface area (Å²) in [5, 5.41) is 10.4. The van der Waals surface area contributed by atoms with Gasteiger partial charge < -0.3 is 9.30 Å². The fraction of sp³-hybridized carbons (Fsp3) is 0.407. The van der Waals surface area contributed by atoms with Gasteiger partial charge in [-0.3, -0.25) is 9.69 Å². The molecule has 33 heavy (non-hydrogen) atoms. The van der Waals surface area contributed by atoms with Crippen molar-refractivity contribution in [2.24, 2.45) is 0 Å². The third-order valence-electron chi connectivity index (χ3n) is 7.17. The molecule has 0 aliphatic carbocycles. The Kier molecular flexibility index (Phi) is 5.90. The normalized spacial score (nSPS) is 22.4. The minimum absolute atomic E-state index is 0.0233. The van der Waals surface area contributed by atoms with Crippen LogP contribution in [0.4, 0.5) is 4.39 Å². The highest BCUT2D eigenvalue weighted by atomic mass is 19.1. The first kappa shape index (κ1) is 21.7. The molecule has 3 heterocycles. The van der Waals surface area contributed by atoms with Crippen LogP contribution in [-0.4, -0.2) is 40.0 Å². The molecule has 0 amide bonds. The van der Waals surface area contributed by atoms with Gasteiger partial charge in [0.1, 0.15) is 23.7 Å². The molecule has 0 spiro atoms. The number of carbonyl (C=O) groups excluding carboxylic acids is 1. The van der Waals surface area contributed by atoms with E-state index in [0.717, 1.165) is 49.0 Å². The van der Waals surface area contributed by atoms with Crippen LogP contribution in [-0.2, 0) is 6.54 Å². The zero-order chi connectivity index (χ0) is 22.9. The number of ketones is 1. The first-order chi connectivity index (χ1) is 16.0. The largest absolute Gasteiger partial charge is 0.490 e. The number of fused-ring (bicyclic) bond motifs is 3. The molecule has 5 rings (SSSR count). The van der Waals surface area contributed by atoms with E-state index in [1.54, 1.807) is 19.1 Å². The second kappa shape index (κ2) is 8.99. The third kappa shape index (κ3) is 4.26. The number of rotatable bonds is 7. The molecule has 2 atom stereocenters. The predicted molar refractivity (Wildman–Crippen MR) is 125 cm³/mol. The summed E-state index contributed by atoms with van der Waals surface area (Å²) in [6.07, 6.45) is 7.40. The molecule has 170 valence electrons. The van der Waals surface area contributed by atoms with Crippen LogP contribution in [0, 0.1) is 17.1 Å². The van der Waals surface area contributed by atoms with Crippen molar-refractivity contribution in [3.05, 3.63) is 65.6 Å². The van der Waals surface area contributed by atoms with Crippen molar-refractivity contribution in [1.82, 2.24) is 9.47 Å². The minimum atomic E-state index is -0.245. The number of benzene rings is 2. The van der Waals surface area contributed by atoms with E-state index < -0.39 is 0 Å². The lowest BCUT2D eigenvalue weighted by atomic mass is 9.99. The highest BCUT2D eigenvalue weighted by Crippen LogP contribution is 2.37. The Labute approximate surface area is 193 Å². The number of ether oxygens (including phenoxy) is 1. The highest BCUT2D eigenvalue weighted by Gasteiger charge is 2.41. The highest BCUT2D eigenvalue weighted by molar-refractivity contribution is 6.08. The number of hydrogen-bond donors (Lipinski definition) is 0. The molecule has 1 aromatic heterocycles. The van der Waals surface area contributed by atoms with Crippen molar-refractivity contribution in [3.8, 4) is 11.8 Å². The van der Waals surface area contributed by atoms with E-state index in [4.69, 9.17) is 4.74 Å². The van der Waals surface area contributed by atoms with E-state index >= 15 is 0 Å². The van der Waals surface area contributed by atoms with Gasteiger partial charge in [-0.15, -0.1) is 0 Å². The van der Waals surface area contributed by atoms with Crippen LogP contribution in [0.5, 0.6) is 5.75 Å². The Morgan fingerprint density at radius 1 is 1.12 bits per heavy atom. The van der Waals surface area contributed by atoms with E-state index in [1.165, 1.54) is 25.0 Å². The first-order valence-corrected chi connectivity index (χ1v) is 11.7. The summed E-state index contributed by atoms with van der Waals surface area (Å²) >= 11 is 0. The van der Waals surface area contributed by atoms with Crippen molar-refractivity contribution in [2.45, 2.75) is 63.8 Å². The van der Waals surface area contributed by atoms with Crippen LogP contribution in [0.25, 0.3) is 10.9 Å². The van der Waals surface area contributed by atoms with Gasteiger partial charge in [0.25, 0.3) is 0 Å². The molecule has 2 aromatic carbocycles. The molecule has 2 aliphatic heterocycles. The predicted octanol–water partition coefficient (Wildman–Crippen LogP) is 5.32. The number of aryl methyl sites for hydroxylation is 1. The number of Topliss-reactive ketones (excluding diaryl/α,β-unsaturated/α-hetero) is 1. The molecule has 0 N–H and O–H groups in total. The Morgan fingerprint density at radius 3 is 2.52 bits per heavy atom. The maximum Gasteiger partial charge on any atom is 0.161 e. The molecule has 6 heteroatoms. The van der Waals surface area contributed by atoms with E-state index in [-0.39, 0.29) is 17.7 Å². The Balaban J connectivity index is 1.23. The van der Waals surface area contributed by atoms with Crippen LogP contribution >= 0.6 is 0 Å². The number of halogens is 1. The van der Waals surface area contributed by atoms with Crippen LogP contribution < -0.4 is 4.74 Å². The summed E-state index contributed by atoms with van der Waals surface area (Å²) < 4.78 is 21.4. The van der Waals surface area contributed by atoms with Gasteiger partial charge in [-0.2, -0.15) is 5.26 Å². The van der Waals surface area contributed by atoms with Gasteiger partial charge in [-0.1, -0.05) is 12.1 Å². The number of nitriles is 1. The van der Waals surface area contributed by atoms with E-state index in [9.17, 15) is 14.4 Å². The van der Waals surface area contributed by atoms with Gasteiger partial charge in [-0.25, -0.2) is 4.39 Å². The van der Waals surface area contributed by atoms with Crippen molar-refractivity contribution in [1.29, 1.82) is 5.26 Å². The van der Waals surface area contributed by atoms with E-state index in [2.05, 4.69) is 15.5 Å².